The number of rotatable bonds is 6. The molecule has 0 aromatic carbocycles. The summed E-state index contributed by atoms with van der Waals surface area (Å²) in [5.41, 5.74) is 17.2. The molecule has 0 bridgehead atoms. The second-order valence-electron chi connectivity index (χ2n) is 3.87. The summed E-state index contributed by atoms with van der Waals surface area (Å²) in [6, 6.07) is 0. The van der Waals surface area contributed by atoms with Crippen molar-refractivity contribution in [3.05, 3.63) is 49.1 Å². The molecule has 18 heteroatoms. The van der Waals surface area contributed by atoms with Crippen LogP contribution in [0.15, 0.2) is 0 Å². The van der Waals surface area contributed by atoms with E-state index < -0.39 is 0 Å². The van der Waals surface area contributed by atoms with Crippen LogP contribution >= 0.6 is 0 Å². The van der Waals surface area contributed by atoms with Gasteiger partial charge in [0.2, 0.25) is 0 Å². The van der Waals surface area contributed by atoms with Gasteiger partial charge in [-0.15, -0.1) is 0 Å². The van der Waals surface area contributed by atoms with Gasteiger partial charge in [-0.25, -0.2) is 0 Å². The van der Waals surface area contributed by atoms with Crippen molar-refractivity contribution in [2.24, 2.45) is 0 Å². The Morgan fingerprint density at radius 1 is 0.359 bits per heavy atom. The van der Waals surface area contributed by atoms with Gasteiger partial charge in [0.25, 0.3) is 0 Å². The maximum Gasteiger partial charge on any atom is 0 e. The molecule has 0 saturated heterocycles. The SMILES string of the molecule is CC[N-]C.CC[N-]C.CC[N-]CC.CC[N-]CC.C[N-]C.C[N-]C.C[NH-].C[NH-].C[NH-].[Hf].[Ti].[Ti].[Ti].[Ti].[Zr].[Zr].[Zr].[Zr]. The van der Waals surface area contributed by atoms with Crippen LogP contribution in [0.1, 0.15) is 41.5 Å². The average molecular weight is 1170 g/mol. The van der Waals surface area contributed by atoms with E-state index in [0.717, 1.165) is 39.3 Å². The maximum absolute atomic E-state index is 5.75. The smallest absolute Gasteiger partial charge is 0 e. The molecular weight excluding hydrogens is 1110 g/mol. The molecule has 0 unspecified atom stereocenters. The monoisotopic (exact) mass is 1170 g/mol. The van der Waals surface area contributed by atoms with E-state index in [1.165, 1.54) is 21.1 Å². The summed E-state index contributed by atoms with van der Waals surface area (Å²) >= 11 is 0. The normalized spacial score (nSPS) is 5.08. The van der Waals surface area contributed by atoms with E-state index in [-0.39, 0.29) is 218 Å². The van der Waals surface area contributed by atoms with Crippen molar-refractivity contribution >= 4 is 0 Å². The summed E-state index contributed by atoms with van der Waals surface area (Å²) in [7, 11) is 14.4. The minimum absolute atomic E-state index is 0. The fraction of sp³-hybridized carbons (Fsp3) is 1.00. The molecule has 0 aliphatic carbocycles. The summed E-state index contributed by atoms with van der Waals surface area (Å²) < 4.78 is 0. The molecule has 0 saturated carbocycles. The van der Waals surface area contributed by atoms with Gasteiger partial charge in [-0.05, 0) is 0 Å². The predicted octanol–water partition coefficient (Wildman–Crippen LogP) is 8.04. The molecule has 9 nitrogen and oxygen atoms in total. The predicted molar refractivity (Wildman–Crippen MR) is 150 cm³/mol. The third-order valence-electron chi connectivity index (χ3n) is 1.53. The zero-order valence-electron chi connectivity index (χ0n) is 27.9. The van der Waals surface area contributed by atoms with Crippen LogP contribution in [-0.2, 0) is 218 Å². The second-order valence-corrected chi connectivity index (χ2v) is 3.87. The van der Waals surface area contributed by atoms with Crippen molar-refractivity contribution < 1.29 is 218 Å². The Hall–Kier alpha value is 6.90. The van der Waals surface area contributed by atoms with E-state index in [1.807, 2.05) is 41.5 Å². The van der Waals surface area contributed by atoms with Gasteiger partial charge >= 0.3 is 0 Å². The standard InChI is InChI=1S/2C4H10N.2C3H8N.2C2H6N.3CH4N.Hf.4Ti.4Zr/c2*1-3-5-4-2;2*1-3-4-2;2*1-3-2;3*1-2;;;;;;;;;/h2*3-4H2,1-2H3;2*3H2,1-2H3;2*1-2H3;3*2H,1H3;;;;;;;;;/q9*-1;;;;;;;;;. The molecule has 0 rings (SSSR count). The second kappa shape index (κ2) is 242. The molecule has 0 aliphatic heterocycles. The number of nitrogens with one attached hydrogen (secondary N) is 3. The van der Waals surface area contributed by atoms with Crippen molar-refractivity contribution in [1.82, 2.24) is 0 Å². The van der Waals surface area contributed by atoms with Gasteiger partial charge in [-0.2, -0.15) is 103 Å². The summed E-state index contributed by atoms with van der Waals surface area (Å²) in [6.45, 7) is 18.0. The third-order valence-corrected chi connectivity index (χ3v) is 1.53. The van der Waals surface area contributed by atoms with Crippen molar-refractivity contribution in [2.45, 2.75) is 41.5 Å². The van der Waals surface area contributed by atoms with E-state index in [1.54, 1.807) is 42.3 Å². The van der Waals surface area contributed by atoms with Gasteiger partial charge in [0.1, 0.15) is 0 Å². The van der Waals surface area contributed by atoms with Crippen LogP contribution < -0.4 is 0 Å². The van der Waals surface area contributed by atoms with E-state index in [0.29, 0.717) is 0 Å². The van der Waals surface area contributed by atoms with Crippen molar-refractivity contribution in [2.75, 3.05) is 103 Å². The fourth-order valence-electron chi connectivity index (χ4n) is 0.447. The quantitative estimate of drug-likeness (QED) is 0.236. The molecule has 0 aromatic rings. The first-order valence-electron chi connectivity index (χ1n) is 10.3. The Morgan fingerprint density at radius 2 is 0.436 bits per heavy atom. The first-order valence-corrected chi connectivity index (χ1v) is 10.3. The number of hydrogen-bond donors (Lipinski definition) is 0. The molecule has 3 N–H and O–H groups in total. The fourth-order valence-corrected chi connectivity index (χ4v) is 0.447. The Balaban J connectivity index is -0.00000000786. The van der Waals surface area contributed by atoms with Gasteiger partial charge in [-0.3, -0.25) is 0 Å². The maximum atomic E-state index is 5.75. The Kier molecular flexibility index (Phi) is 738. The molecule has 0 spiro atoms. The van der Waals surface area contributed by atoms with Crippen LogP contribution in [0.2, 0.25) is 0 Å². The van der Waals surface area contributed by atoms with Gasteiger partial charge in [-0.1, -0.05) is 41.5 Å². The van der Waals surface area contributed by atoms with Gasteiger partial charge in [0.15, 0.2) is 0 Å². The van der Waals surface area contributed by atoms with E-state index in [2.05, 4.69) is 31.9 Å². The molecule has 0 aliphatic rings. The van der Waals surface area contributed by atoms with E-state index in [4.69, 9.17) is 17.2 Å². The topological polar surface area (TPSA) is 156 Å². The Bertz CT molecular complexity index is 135. The van der Waals surface area contributed by atoms with Crippen molar-refractivity contribution in [3.63, 3.8) is 0 Å². The largest absolute Gasteiger partial charge is 0.680 e. The van der Waals surface area contributed by atoms with Crippen molar-refractivity contribution in [1.29, 1.82) is 0 Å². The number of nitrogens with zero attached hydrogens (tertiary/aromatic N) is 6. The van der Waals surface area contributed by atoms with Gasteiger partial charge in [0.05, 0.1) is 0 Å². The van der Waals surface area contributed by atoms with Gasteiger partial charge < -0.3 is 49.1 Å². The molecule has 0 fully saturated rings. The van der Waals surface area contributed by atoms with Crippen LogP contribution in [-0.4, -0.2) is 103 Å². The van der Waals surface area contributed by atoms with Crippen molar-refractivity contribution in [3.8, 4) is 0 Å². The Morgan fingerprint density at radius 3 is 0.436 bits per heavy atom. The third kappa shape index (κ3) is 497. The summed E-state index contributed by atoms with van der Waals surface area (Å²) in [5, 5.41) is 22.4. The molecule has 0 heterocycles. The molecule has 234 valence electrons. The molecular formula is C21H60HfN9Ti4Zr4-9. The molecule has 0 radical (unpaired) electrons. The average Bonchev–Trinajstić information content (AvgIpc) is 2.81. The van der Waals surface area contributed by atoms with Crippen LogP contribution in [0.3, 0.4) is 0 Å². The van der Waals surface area contributed by atoms with Crippen LogP contribution in [0, 0.1) is 0 Å². The van der Waals surface area contributed by atoms with Crippen LogP contribution in [0.25, 0.3) is 49.1 Å². The first-order chi connectivity index (χ1) is 14.5. The molecule has 0 amide bonds. The van der Waals surface area contributed by atoms with Crippen LogP contribution in [0.4, 0.5) is 0 Å². The van der Waals surface area contributed by atoms with E-state index in [9.17, 15) is 0 Å². The van der Waals surface area contributed by atoms with E-state index >= 15 is 0 Å². The minimum Gasteiger partial charge on any atom is -0.680 e. The number of hydrogen-bond acceptors (Lipinski definition) is 0. The summed E-state index contributed by atoms with van der Waals surface area (Å²) in [5.74, 6) is 0. The van der Waals surface area contributed by atoms with Crippen LogP contribution in [0.5, 0.6) is 0 Å². The molecule has 0 aromatic heterocycles. The Labute approximate surface area is 403 Å². The summed E-state index contributed by atoms with van der Waals surface area (Å²) in [6.07, 6.45) is 0. The molecule has 0 atom stereocenters. The zero-order valence-corrected chi connectivity index (χ0v) is 47.6. The first kappa shape index (κ1) is 119. The summed E-state index contributed by atoms with van der Waals surface area (Å²) in [4.78, 5) is 0. The zero-order chi connectivity index (χ0) is 26.5. The molecule has 39 heavy (non-hydrogen) atoms. The minimum atomic E-state index is 0. The van der Waals surface area contributed by atoms with Gasteiger partial charge in [0, 0.05) is 218 Å².